The SMILES string of the molecule is Nc1cc(F)c(Cl)cc1Sc1nnc(C2CC2)n1C1CC1. The number of hydrogen-bond donors (Lipinski definition) is 1. The highest BCUT2D eigenvalue weighted by atomic mass is 35.5. The van der Waals surface area contributed by atoms with Gasteiger partial charge in [-0.2, -0.15) is 0 Å². The topological polar surface area (TPSA) is 56.7 Å². The summed E-state index contributed by atoms with van der Waals surface area (Å²) in [6.07, 6.45) is 4.73. The van der Waals surface area contributed by atoms with Gasteiger partial charge in [0.25, 0.3) is 0 Å². The van der Waals surface area contributed by atoms with Crippen LogP contribution in [0.25, 0.3) is 0 Å². The van der Waals surface area contributed by atoms with E-state index in [9.17, 15) is 4.39 Å². The van der Waals surface area contributed by atoms with Crippen LogP contribution >= 0.6 is 23.4 Å². The van der Waals surface area contributed by atoms with Gasteiger partial charge in [-0.25, -0.2) is 4.39 Å². The van der Waals surface area contributed by atoms with E-state index in [0.29, 0.717) is 17.6 Å². The van der Waals surface area contributed by atoms with Crippen molar-refractivity contribution in [2.75, 3.05) is 5.73 Å². The number of nitrogens with two attached hydrogens (primary N) is 1. The van der Waals surface area contributed by atoms with Crippen molar-refractivity contribution in [3.05, 3.63) is 28.8 Å². The minimum atomic E-state index is -0.499. The molecule has 2 aliphatic rings. The number of hydrogen-bond acceptors (Lipinski definition) is 4. The number of nitrogens with zero attached hydrogens (tertiary/aromatic N) is 3. The Morgan fingerprint density at radius 3 is 2.67 bits per heavy atom. The molecule has 1 heterocycles. The molecule has 0 bridgehead atoms. The lowest BCUT2D eigenvalue weighted by atomic mass is 10.3. The summed E-state index contributed by atoms with van der Waals surface area (Å²) in [6, 6.07) is 3.32. The number of nitrogen functional groups attached to an aromatic ring is 1. The Balaban J connectivity index is 1.70. The Hall–Kier alpha value is -1.27. The van der Waals surface area contributed by atoms with E-state index in [0.717, 1.165) is 15.9 Å². The first-order valence-electron chi connectivity index (χ1n) is 7.00. The van der Waals surface area contributed by atoms with Crippen molar-refractivity contribution in [1.82, 2.24) is 14.8 Å². The highest BCUT2D eigenvalue weighted by molar-refractivity contribution is 7.99. The van der Waals surface area contributed by atoms with Gasteiger partial charge in [0.15, 0.2) is 5.16 Å². The van der Waals surface area contributed by atoms with Crippen molar-refractivity contribution < 1.29 is 4.39 Å². The molecule has 2 saturated carbocycles. The maximum absolute atomic E-state index is 13.4. The number of halogens is 2. The Labute approximate surface area is 130 Å². The molecule has 4 rings (SSSR count). The minimum absolute atomic E-state index is 0.0756. The van der Waals surface area contributed by atoms with Crippen LogP contribution in [0.3, 0.4) is 0 Å². The zero-order valence-corrected chi connectivity index (χ0v) is 12.8. The van der Waals surface area contributed by atoms with Gasteiger partial charge >= 0.3 is 0 Å². The fraction of sp³-hybridized carbons (Fsp3) is 0.429. The maximum Gasteiger partial charge on any atom is 0.196 e. The zero-order chi connectivity index (χ0) is 14.6. The third kappa shape index (κ3) is 2.51. The first kappa shape index (κ1) is 13.4. The molecule has 0 atom stereocenters. The van der Waals surface area contributed by atoms with Crippen LogP contribution in [-0.4, -0.2) is 14.8 Å². The molecular weight excluding hydrogens is 311 g/mol. The predicted octanol–water partition coefficient (Wildman–Crippen LogP) is 4.02. The summed E-state index contributed by atoms with van der Waals surface area (Å²) in [6.45, 7) is 0. The van der Waals surface area contributed by atoms with E-state index in [1.807, 2.05) is 0 Å². The molecule has 4 nitrogen and oxygen atoms in total. The van der Waals surface area contributed by atoms with Crippen LogP contribution in [-0.2, 0) is 0 Å². The average molecular weight is 325 g/mol. The van der Waals surface area contributed by atoms with Crippen LogP contribution < -0.4 is 5.73 Å². The van der Waals surface area contributed by atoms with Crippen LogP contribution in [0, 0.1) is 5.82 Å². The van der Waals surface area contributed by atoms with Crippen molar-refractivity contribution in [2.45, 2.75) is 47.7 Å². The molecule has 2 fully saturated rings. The zero-order valence-electron chi connectivity index (χ0n) is 11.2. The van der Waals surface area contributed by atoms with Crippen molar-refractivity contribution in [3.63, 3.8) is 0 Å². The van der Waals surface area contributed by atoms with Crippen LogP contribution in [0.4, 0.5) is 10.1 Å². The smallest absolute Gasteiger partial charge is 0.196 e. The second-order valence-electron chi connectivity index (χ2n) is 5.62. The summed E-state index contributed by atoms with van der Waals surface area (Å²) in [5.41, 5.74) is 6.26. The van der Waals surface area contributed by atoms with E-state index in [1.54, 1.807) is 6.07 Å². The van der Waals surface area contributed by atoms with E-state index in [-0.39, 0.29) is 5.02 Å². The van der Waals surface area contributed by atoms with E-state index >= 15 is 0 Å². The molecule has 21 heavy (non-hydrogen) atoms. The highest BCUT2D eigenvalue weighted by Crippen LogP contribution is 2.47. The summed E-state index contributed by atoms with van der Waals surface area (Å²) in [5.74, 6) is 1.15. The molecule has 2 N–H and O–H groups in total. The molecule has 2 aliphatic carbocycles. The third-order valence-corrected chi connectivity index (χ3v) is 5.12. The first-order valence-corrected chi connectivity index (χ1v) is 8.20. The van der Waals surface area contributed by atoms with Crippen molar-refractivity contribution in [1.29, 1.82) is 0 Å². The summed E-state index contributed by atoms with van der Waals surface area (Å²) in [7, 11) is 0. The van der Waals surface area contributed by atoms with Gasteiger partial charge < -0.3 is 10.3 Å². The van der Waals surface area contributed by atoms with Gasteiger partial charge in [0.05, 0.1) is 5.02 Å². The number of rotatable bonds is 4. The largest absolute Gasteiger partial charge is 0.398 e. The minimum Gasteiger partial charge on any atom is -0.398 e. The van der Waals surface area contributed by atoms with Gasteiger partial charge in [-0.15, -0.1) is 10.2 Å². The second-order valence-corrected chi connectivity index (χ2v) is 7.04. The lowest BCUT2D eigenvalue weighted by Gasteiger charge is -2.09. The van der Waals surface area contributed by atoms with Crippen LogP contribution in [0.1, 0.15) is 43.5 Å². The van der Waals surface area contributed by atoms with E-state index in [2.05, 4.69) is 14.8 Å². The molecule has 1 aromatic carbocycles. The average Bonchev–Trinajstić information content (AvgIpc) is 3.35. The lowest BCUT2D eigenvalue weighted by molar-refractivity contribution is 0.625. The summed E-state index contributed by atoms with van der Waals surface area (Å²) in [4.78, 5) is 0.720. The fourth-order valence-electron chi connectivity index (χ4n) is 2.38. The monoisotopic (exact) mass is 324 g/mol. The van der Waals surface area contributed by atoms with Gasteiger partial charge in [0.2, 0.25) is 0 Å². The van der Waals surface area contributed by atoms with Gasteiger partial charge in [0.1, 0.15) is 11.6 Å². The van der Waals surface area contributed by atoms with Crippen molar-refractivity contribution >= 4 is 29.1 Å². The van der Waals surface area contributed by atoms with Crippen LogP contribution in [0.2, 0.25) is 5.02 Å². The molecule has 0 spiro atoms. The predicted molar refractivity (Wildman–Crippen MR) is 80.2 cm³/mol. The van der Waals surface area contributed by atoms with E-state index in [1.165, 1.54) is 43.5 Å². The Morgan fingerprint density at radius 1 is 1.24 bits per heavy atom. The van der Waals surface area contributed by atoms with Crippen LogP contribution in [0.5, 0.6) is 0 Å². The maximum atomic E-state index is 13.4. The first-order chi connectivity index (χ1) is 10.1. The lowest BCUT2D eigenvalue weighted by Crippen LogP contribution is -2.02. The quantitative estimate of drug-likeness (QED) is 0.863. The highest BCUT2D eigenvalue weighted by Gasteiger charge is 2.36. The molecule has 0 saturated heterocycles. The van der Waals surface area contributed by atoms with Crippen LogP contribution in [0.15, 0.2) is 22.2 Å². The standard InChI is InChI=1S/C14H14ClFN4S/c15-9-5-12(11(17)6-10(9)16)21-14-19-18-13(7-1-2-7)20(14)8-3-4-8/h5-8H,1-4,17H2. The Kier molecular flexibility index (Phi) is 3.11. The summed E-state index contributed by atoms with van der Waals surface area (Å²) in [5, 5.41) is 9.56. The van der Waals surface area contributed by atoms with Crippen molar-refractivity contribution in [2.24, 2.45) is 0 Å². The Morgan fingerprint density at radius 2 is 2.00 bits per heavy atom. The fourth-order valence-corrected chi connectivity index (χ4v) is 3.59. The number of anilines is 1. The third-order valence-electron chi connectivity index (χ3n) is 3.80. The van der Waals surface area contributed by atoms with Gasteiger partial charge in [0, 0.05) is 22.5 Å². The Bertz CT molecular complexity index is 709. The molecule has 2 aromatic rings. The summed E-state index contributed by atoms with van der Waals surface area (Å²) < 4.78 is 15.6. The molecule has 0 amide bonds. The molecule has 1 aromatic heterocycles. The molecule has 0 unspecified atom stereocenters. The number of aromatic nitrogens is 3. The van der Waals surface area contributed by atoms with Crippen molar-refractivity contribution in [3.8, 4) is 0 Å². The van der Waals surface area contributed by atoms with Gasteiger partial charge in [-0.3, -0.25) is 0 Å². The van der Waals surface area contributed by atoms with Gasteiger partial charge in [-0.05, 0) is 49.6 Å². The summed E-state index contributed by atoms with van der Waals surface area (Å²) >= 11 is 7.26. The van der Waals surface area contributed by atoms with Gasteiger partial charge in [-0.1, -0.05) is 11.6 Å². The second kappa shape index (κ2) is 4.88. The molecule has 0 radical (unpaired) electrons. The molecular formula is C14H14ClFN4S. The normalized spacial score (nSPS) is 18.2. The molecule has 0 aliphatic heterocycles. The van der Waals surface area contributed by atoms with E-state index in [4.69, 9.17) is 17.3 Å². The molecule has 7 heteroatoms. The molecule has 110 valence electrons. The number of benzene rings is 1. The van der Waals surface area contributed by atoms with E-state index < -0.39 is 5.82 Å².